The molecular weight excluding hydrogens is 334 g/mol. The molecule has 2 aromatic rings. The molecule has 0 fully saturated rings. The van der Waals surface area contributed by atoms with Gasteiger partial charge in [0.2, 0.25) is 5.91 Å². The van der Waals surface area contributed by atoms with Crippen LogP contribution in [0.5, 0.6) is 11.5 Å². The van der Waals surface area contributed by atoms with Crippen molar-refractivity contribution in [3.63, 3.8) is 0 Å². The maximum Gasteiger partial charge on any atom is 0.276 e. The Labute approximate surface area is 151 Å². The average Bonchev–Trinajstić information content (AvgIpc) is 2.66. The molecule has 0 saturated heterocycles. The van der Waals surface area contributed by atoms with Gasteiger partial charge in [0.1, 0.15) is 17.6 Å². The van der Waals surface area contributed by atoms with Crippen molar-refractivity contribution in [2.24, 2.45) is 0 Å². The van der Waals surface area contributed by atoms with E-state index in [-0.39, 0.29) is 25.5 Å². The zero-order valence-corrected chi connectivity index (χ0v) is 14.3. The van der Waals surface area contributed by atoms with Gasteiger partial charge in [-0.25, -0.2) is 0 Å². The Morgan fingerprint density at radius 2 is 1.69 bits per heavy atom. The first-order valence-electron chi connectivity index (χ1n) is 7.97. The molecule has 0 aliphatic heterocycles. The predicted molar refractivity (Wildman–Crippen MR) is 94.2 cm³/mol. The highest BCUT2D eigenvalue weighted by molar-refractivity contribution is 5.82. The number of hydrazine groups is 1. The van der Waals surface area contributed by atoms with E-state index in [1.807, 2.05) is 37.3 Å². The fourth-order valence-electron chi connectivity index (χ4n) is 1.96. The van der Waals surface area contributed by atoms with Gasteiger partial charge in [-0.15, -0.1) is 0 Å². The van der Waals surface area contributed by atoms with Crippen molar-refractivity contribution in [2.45, 2.75) is 13.3 Å². The molecule has 0 saturated carbocycles. The minimum absolute atomic E-state index is 0.0896. The topological polar surface area (TPSA) is 100 Å². The van der Waals surface area contributed by atoms with E-state index >= 15 is 0 Å². The number of ether oxygens (including phenoxy) is 2. The van der Waals surface area contributed by atoms with E-state index in [9.17, 15) is 9.59 Å². The number of benzene rings is 2. The van der Waals surface area contributed by atoms with E-state index in [1.165, 1.54) is 0 Å². The molecule has 2 aromatic carbocycles. The molecule has 0 spiro atoms. The number of rotatable bonds is 7. The fourth-order valence-corrected chi connectivity index (χ4v) is 1.96. The summed E-state index contributed by atoms with van der Waals surface area (Å²) in [5.74, 6) is 0.0633. The zero-order chi connectivity index (χ0) is 18.8. The Bertz CT molecular complexity index is 797. The van der Waals surface area contributed by atoms with E-state index in [1.54, 1.807) is 24.3 Å². The first kappa shape index (κ1) is 18.8. The van der Waals surface area contributed by atoms with Crippen molar-refractivity contribution in [2.75, 3.05) is 13.2 Å². The largest absolute Gasteiger partial charge is 0.493 e. The Kier molecular flexibility index (Phi) is 7.01. The van der Waals surface area contributed by atoms with Crippen molar-refractivity contribution < 1.29 is 19.1 Å². The van der Waals surface area contributed by atoms with Crippen LogP contribution in [0.2, 0.25) is 0 Å². The number of nitrogens with one attached hydrogen (secondary N) is 2. The average molecular weight is 353 g/mol. The molecule has 0 aromatic heterocycles. The van der Waals surface area contributed by atoms with Crippen LogP contribution in [0.1, 0.15) is 17.5 Å². The number of amides is 2. The molecule has 2 amide bonds. The molecule has 26 heavy (non-hydrogen) atoms. The monoisotopic (exact) mass is 353 g/mol. The SMILES string of the molecule is Cc1ccc(OCCC(=O)NNC(=O)COc2ccccc2C#N)cc1. The molecule has 7 nitrogen and oxygen atoms in total. The van der Waals surface area contributed by atoms with Crippen LogP contribution in [-0.2, 0) is 9.59 Å². The second-order valence-corrected chi connectivity index (χ2v) is 5.40. The summed E-state index contributed by atoms with van der Waals surface area (Å²) in [5.41, 5.74) is 5.98. The first-order valence-corrected chi connectivity index (χ1v) is 7.97. The third kappa shape index (κ3) is 6.17. The highest BCUT2D eigenvalue weighted by Gasteiger charge is 2.08. The van der Waals surface area contributed by atoms with Gasteiger partial charge in [-0.1, -0.05) is 29.8 Å². The molecular formula is C19H19N3O4. The number of para-hydroxylation sites is 1. The van der Waals surface area contributed by atoms with Crippen LogP contribution in [-0.4, -0.2) is 25.0 Å². The molecule has 0 aliphatic rings. The van der Waals surface area contributed by atoms with Gasteiger partial charge < -0.3 is 9.47 Å². The summed E-state index contributed by atoms with van der Waals surface area (Å²) >= 11 is 0. The maximum atomic E-state index is 11.7. The highest BCUT2D eigenvalue weighted by atomic mass is 16.5. The van der Waals surface area contributed by atoms with Gasteiger partial charge in [0, 0.05) is 0 Å². The van der Waals surface area contributed by atoms with Crippen molar-refractivity contribution in [3.05, 3.63) is 59.7 Å². The van der Waals surface area contributed by atoms with Crippen molar-refractivity contribution in [3.8, 4) is 17.6 Å². The third-order valence-corrected chi connectivity index (χ3v) is 3.33. The number of aryl methyl sites for hydroxylation is 1. The van der Waals surface area contributed by atoms with Gasteiger partial charge in [0.05, 0.1) is 18.6 Å². The minimum Gasteiger partial charge on any atom is -0.493 e. The summed E-state index contributed by atoms with van der Waals surface area (Å²) < 4.78 is 10.7. The Morgan fingerprint density at radius 1 is 1.00 bits per heavy atom. The quantitative estimate of drug-likeness (QED) is 0.740. The summed E-state index contributed by atoms with van der Waals surface area (Å²) in [7, 11) is 0. The number of nitriles is 1. The van der Waals surface area contributed by atoms with Crippen LogP contribution < -0.4 is 20.3 Å². The van der Waals surface area contributed by atoms with Crippen LogP contribution in [0.15, 0.2) is 48.5 Å². The smallest absolute Gasteiger partial charge is 0.276 e. The van der Waals surface area contributed by atoms with Gasteiger partial charge >= 0.3 is 0 Å². The van der Waals surface area contributed by atoms with E-state index in [0.29, 0.717) is 17.1 Å². The van der Waals surface area contributed by atoms with Crippen molar-refractivity contribution >= 4 is 11.8 Å². The minimum atomic E-state index is -0.537. The lowest BCUT2D eigenvalue weighted by Gasteiger charge is -2.10. The number of hydrogen-bond acceptors (Lipinski definition) is 5. The molecule has 134 valence electrons. The van der Waals surface area contributed by atoms with Crippen LogP contribution in [0.25, 0.3) is 0 Å². The molecule has 0 atom stereocenters. The molecule has 2 N–H and O–H groups in total. The normalized spacial score (nSPS) is 9.69. The number of carbonyl (C=O) groups excluding carboxylic acids is 2. The lowest BCUT2D eigenvalue weighted by molar-refractivity contribution is -0.130. The molecule has 7 heteroatoms. The molecule has 0 unspecified atom stereocenters. The predicted octanol–water partition coefficient (Wildman–Crippen LogP) is 1.86. The lowest BCUT2D eigenvalue weighted by atomic mass is 10.2. The van der Waals surface area contributed by atoms with Crippen LogP contribution in [0.4, 0.5) is 0 Å². The summed E-state index contributed by atoms with van der Waals surface area (Å²) in [4.78, 5) is 23.4. The third-order valence-electron chi connectivity index (χ3n) is 3.33. The number of carbonyl (C=O) groups is 2. The van der Waals surface area contributed by atoms with E-state index in [4.69, 9.17) is 14.7 Å². The van der Waals surface area contributed by atoms with Gasteiger partial charge in [-0.05, 0) is 31.2 Å². The summed E-state index contributed by atoms with van der Waals surface area (Å²) in [5, 5.41) is 8.94. The molecule has 0 aliphatic carbocycles. The van der Waals surface area contributed by atoms with Crippen molar-refractivity contribution in [1.29, 1.82) is 5.26 Å². The van der Waals surface area contributed by atoms with E-state index < -0.39 is 5.91 Å². The number of nitrogens with zero attached hydrogens (tertiary/aromatic N) is 1. The standard InChI is InChI=1S/C19H19N3O4/c1-14-6-8-16(9-7-14)25-11-10-18(23)21-22-19(24)13-26-17-5-3-2-4-15(17)12-20/h2-9H,10-11,13H2,1H3,(H,21,23)(H,22,24). The zero-order valence-electron chi connectivity index (χ0n) is 14.3. The second-order valence-electron chi connectivity index (χ2n) is 5.40. The maximum absolute atomic E-state index is 11.7. The summed E-state index contributed by atoms with van der Waals surface area (Å²) in [6.07, 6.45) is 0.0896. The number of hydrogen-bond donors (Lipinski definition) is 2. The lowest BCUT2D eigenvalue weighted by Crippen LogP contribution is -2.44. The van der Waals surface area contributed by atoms with Crippen LogP contribution in [0, 0.1) is 18.3 Å². The first-order chi connectivity index (χ1) is 12.6. The molecule has 0 bridgehead atoms. The van der Waals surface area contributed by atoms with Crippen LogP contribution in [0.3, 0.4) is 0 Å². The van der Waals surface area contributed by atoms with E-state index in [2.05, 4.69) is 10.9 Å². The van der Waals surface area contributed by atoms with Gasteiger partial charge in [-0.3, -0.25) is 20.4 Å². The Balaban J connectivity index is 1.64. The fraction of sp³-hybridized carbons (Fsp3) is 0.211. The second kappa shape index (κ2) is 9.69. The van der Waals surface area contributed by atoms with Gasteiger partial charge in [0.15, 0.2) is 6.61 Å². The summed E-state index contributed by atoms with van der Waals surface area (Å²) in [6.45, 7) is 1.85. The Morgan fingerprint density at radius 3 is 2.42 bits per heavy atom. The highest BCUT2D eigenvalue weighted by Crippen LogP contribution is 2.16. The van der Waals surface area contributed by atoms with Gasteiger partial charge in [-0.2, -0.15) is 5.26 Å². The van der Waals surface area contributed by atoms with Gasteiger partial charge in [0.25, 0.3) is 5.91 Å². The Hall–Kier alpha value is -3.53. The van der Waals surface area contributed by atoms with Crippen molar-refractivity contribution in [1.82, 2.24) is 10.9 Å². The van der Waals surface area contributed by atoms with Crippen LogP contribution >= 0.6 is 0 Å². The molecule has 0 heterocycles. The molecule has 2 rings (SSSR count). The van der Waals surface area contributed by atoms with E-state index in [0.717, 1.165) is 5.56 Å². The summed E-state index contributed by atoms with van der Waals surface area (Å²) in [6, 6.07) is 16.0. The molecule has 0 radical (unpaired) electrons.